The Morgan fingerprint density at radius 2 is 1.82 bits per heavy atom. The third kappa shape index (κ3) is 3.29. The molecule has 1 fully saturated rings. The summed E-state index contributed by atoms with van der Waals surface area (Å²) in [6, 6.07) is 12.3. The predicted molar refractivity (Wildman–Crippen MR) is 130 cm³/mol. The Labute approximate surface area is 199 Å². The Morgan fingerprint density at radius 1 is 1.12 bits per heavy atom. The molecular weight excluding hydrogens is 434 g/mol. The number of rotatable bonds is 3. The Bertz CT molecular complexity index is 1150. The molecule has 0 aromatic heterocycles. The molecule has 0 spiro atoms. The summed E-state index contributed by atoms with van der Waals surface area (Å²) in [5.74, 6) is 0.114. The lowest BCUT2D eigenvalue weighted by atomic mass is 9.59. The van der Waals surface area contributed by atoms with E-state index in [1.54, 1.807) is 17.8 Å². The van der Waals surface area contributed by atoms with E-state index in [-0.39, 0.29) is 46.3 Å². The average Bonchev–Trinajstić information content (AvgIpc) is 2.98. The minimum Gasteiger partial charge on any atom is -0.504 e. The van der Waals surface area contributed by atoms with Crippen LogP contribution in [-0.4, -0.2) is 47.6 Å². The van der Waals surface area contributed by atoms with Crippen molar-refractivity contribution < 1.29 is 19.7 Å². The molecule has 6 heteroatoms. The fourth-order valence-corrected chi connectivity index (χ4v) is 7.53. The summed E-state index contributed by atoms with van der Waals surface area (Å²) in [6.07, 6.45) is 2.22. The zero-order valence-corrected chi connectivity index (χ0v) is 20.6. The maximum absolute atomic E-state index is 12.9. The average molecular weight is 466 g/mol. The first-order valence-electron chi connectivity index (χ1n) is 11.4. The third-order valence-corrected chi connectivity index (χ3v) is 8.97. The highest BCUT2D eigenvalue weighted by molar-refractivity contribution is 7.99. The van der Waals surface area contributed by atoms with Gasteiger partial charge in [0.2, 0.25) is 0 Å². The zero-order chi connectivity index (χ0) is 23.7. The minimum absolute atomic E-state index is 0.00157. The standard InChI is InChI=1S/C27H31NO4S/c1-26(2,3)15-6-8-16(9-7-15)33-25-17-10-11-19(29)24(31)22(17)27-13-20(30)21(32-5)12-18(27)23(25)28(4)14-27/h6-12,18,23,25,29,31H,13-14H2,1-5H3/t18?,23-,25-,27+/m1/s1. The van der Waals surface area contributed by atoms with E-state index in [2.05, 4.69) is 57.0 Å². The molecule has 2 aromatic rings. The van der Waals surface area contributed by atoms with Crippen LogP contribution >= 0.6 is 11.8 Å². The van der Waals surface area contributed by atoms with E-state index in [4.69, 9.17) is 4.74 Å². The van der Waals surface area contributed by atoms with Gasteiger partial charge in [-0.1, -0.05) is 39.0 Å². The lowest BCUT2D eigenvalue weighted by Crippen LogP contribution is -2.46. The molecular formula is C27H31NO4S. The summed E-state index contributed by atoms with van der Waals surface area (Å²) >= 11 is 1.78. The highest BCUT2D eigenvalue weighted by Gasteiger charge is 2.62. The molecule has 1 unspecified atom stereocenters. The molecule has 0 amide bonds. The van der Waals surface area contributed by atoms with Crippen molar-refractivity contribution in [3.05, 3.63) is 64.9 Å². The number of aromatic hydroxyl groups is 2. The number of carbonyl (C=O) groups excluding carboxylic acids is 1. The van der Waals surface area contributed by atoms with Gasteiger partial charge in [0, 0.05) is 40.8 Å². The Morgan fingerprint density at radius 3 is 2.45 bits per heavy atom. The van der Waals surface area contributed by atoms with Crippen LogP contribution in [0.1, 0.15) is 49.1 Å². The number of benzene rings is 2. The van der Waals surface area contributed by atoms with Crippen LogP contribution in [0.4, 0.5) is 0 Å². The van der Waals surface area contributed by atoms with Gasteiger partial charge in [0.15, 0.2) is 23.0 Å². The Kier molecular flexibility index (Phi) is 5.11. The second-order valence-electron chi connectivity index (χ2n) is 10.6. The number of phenols is 2. The molecule has 3 aliphatic rings. The molecule has 0 radical (unpaired) electrons. The van der Waals surface area contributed by atoms with Crippen LogP contribution in [0.25, 0.3) is 0 Å². The number of likely N-dealkylation sites (tertiary alicyclic amines) is 1. The third-order valence-electron chi connectivity index (χ3n) is 7.64. The van der Waals surface area contributed by atoms with Crippen molar-refractivity contribution in [1.82, 2.24) is 4.90 Å². The monoisotopic (exact) mass is 465 g/mol. The fourth-order valence-electron chi connectivity index (χ4n) is 6.11. The molecule has 1 aliphatic heterocycles. The van der Waals surface area contributed by atoms with Crippen LogP contribution in [0.2, 0.25) is 0 Å². The van der Waals surface area contributed by atoms with Crippen molar-refractivity contribution in [2.75, 3.05) is 20.7 Å². The van der Waals surface area contributed by atoms with E-state index in [9.17, 15) is 15.0 Å². The molecule has 1 heterocycles. The highest BCUT2D eigenvalue weighted by atomic mass is 32.2. The van der Waals surface area contributed by atoms with Gasteiger partial charge in [-0.15, -0.1) is 11.8 Å². The first kappa shape index (κ1) is 22.4. The summed E-state index contributed by atoms with van der Waals surface area (Å²) in [4.78, 5) is 16.4. The number of ketones is 1. The van der Waals surface area contributed by atoms with E-state index in [1.165, 1.54) is 12.7 Å². The minimum atomic E-state index is -0.566. The molecule has 5 nitrogen and oxygen atoms in total. The van der Waals surface area contributed by atoms with E-state index in [1.807, 2.05) is 12.1 Å². The van der Waals surface area contributed by atoms with Crippen LogP contribution in [0.15, 0.2) is 53.1 Å². The van der Waals surface area contributed by atoms with Crippen molar-refractivity contribution in [3.8, 4) is 11.5 Å². The molecule has 0 saturated carbocycles. The molecule has 1 saturated heterocycles. The molecule has 33 heavy (non-hydrogen) atoms. The summed E-state index contributed by atoms with van der Waals surface area (Å²) < 4.78 is 5.42. The van der Waals surface area contributed by atoms with Crippen molar-refractivity contribution in [2.45, 2.75) is 54.2 Å². The molecule has 174 valence electrons. The number of hydrogen-bond acceptors (Lipinski definition) is 6. The number of nitrogens with zero attached hydrogens (tertiary/aromatic N) is 1. The lowest BCUT2D eigenvalue weighted by molar-refractivity contribution is -0.120. The summed E-state index contributed by atoms with van der Waals surface area (Å²) in [5, 5.41) is 21.5. The summed E-state index contributed by atoms with van der Waals surface area (Å²) in [7, 11) is 3.63. The zero-order valence-electron chi connectivity index (χ0n) is 19.8. The quantitative estimate of drug-likeness (QED) is 0.628. The number of thioether (sulfide) groups is 1. The van der Waals surface area contributed by atoms with Crippen LogP contribution in [0, 0.1) is 5.92 Å². The summed E-state index contributed by atoms with van der Waals surface area (Å²) in [5.41, 5.74) is 2.53. The van der Waals surface area contributed by atoms with Gasteiger partial charge < -0.3 is 19.8 Å². The van der Waals surface area contributed by atoms with E-state index in [0.717, 1.165) is 16.0 Å². The van der Waals surface area contributed by atoms with E-state index >= 15 is 0 Å². The number of allylic oxidation sites excluding steroid dienone is 1. The maximum atomic E-state index is 12.9. The topological polar surface area (TPSA) is 70.0 Å². The second-order valence-corrected chi connectivity index (χ2v) is 11.8. The van der Waals surface area contributed by atoms with Crippen molar-refractivity contribution >= 4 is 17.5 Å². The van der Waals surface area contributed by atoms with Crippen LogP contribution in [0.3, 0.4) is 0 Å². The van der Waals surface area contributed by atoms with Gasteiger partial charge in [-0.25, -0.2) is 0 Å². The van der Waals surface area contributed by atoms with Gasteiger partial charge in [0.1, 0.15) is 0 Å². The number of hydrogen-bond donors (Lipinski definition) is 2. The Balaban J connectivity index is 1.65. The molecule has 4 atom stereocenters. The summed E-state index contributed by atoms with van der Waals surface area (Å²) in [6.45, 7) is 7.27. The largest absolute Gasteiger partial charge is 0.504 e. The Hall–Kier alpha value is -2.44. The first-order valence-corrected chi connectivity index (χ1v) is 12.3. The highest BCUT2D eigenvalue weighted by Crippen LogP contribution is 2.63. The molecule has 2 N–H and O–H groups in total. The van der Waals surface area contributed by atoms with Gasteiger partial charge in [-0.2, -0.15) is 0 Å². The van der Waals surface area contributed by atoms with Gasteiger partial charge in [0.25, 0.3) is 0 Å². The molecule has 5 rings (SSSR count). The maximum Gasteiger partial charge on any atom is 0.197 e. The number of phenolic OH excluding ortho intramolecular Hbond substituents is 2. The molecule has 2 aliphatic carbocycles. The van der Waals surface area contributed by atoms with Crippen molar-refractivity contribution in [2.24, 2.45) is 5.92 Å². The number of methoxy groups -OCH3 is 1. The van der Waals surface area contributed by atoms with Gasteiger partial charge in [-0.05, 0) is 47.9 Å². The lowest BCUT2D eigenvalue weighted by Gasteiger charge is -2.46. The van der Waals surface area contributed by atoms with Crippen molar-refractivity contribution in [1.29, 1.82) is 0 Å². The van der Waals surface area contributed by atoms with Gasteiger partial charge >= 0.3 is 0 Å². The smallest absolute Gasteiger partial charge is 0.197 e. The van der Waals surface area contributed by atoms with E-state index in [0.29, 0.717) is 12.3 Å². The predicted octanol–water partition coefficient (Wildman–Crippen LogP) is 4.91. The van der Waals surface area contributed by atoms with Gasteiger partial charge in [0.05, 0.1) is 12.4 Å². The van der Waals surface area contributed by atoms with Crippen LogP contribution in [0.5, 0.6) is 11.5 Å². The normalized spacial score (nSPS) is 28.8. The fraction of sp³-hybridized carbons (Fsp3) is 0.444. The number of fused-ring (bicyclic) bond motifs is 1. The van der Waals surface area contributed by atoms with Gasteiger partial charge in [-0.3, -0.25) is 4.79 Å². The SMILES string of the molecule is COC1=CC2[C@@H]3[C@H](Sc4ccc(C(C)(C)C)cc4)c4ccc(O)c(O)c4[C@@]2(CC1=O)CN3C. The van der Waals surface area contributed by atoms with E-state index < -0.39 is 5.41 Å². The van der Waals surface area contributed by atoms with Crippen LogP contribution < -0.4 is 0 Å². The second kappa shape index (κ2) is 7.54. The number of likely N-dealkylation sites (N-methyl/N-ethyl adjacent to an activating group) is 1. The molecule has 2 bridgehead atoms. The van der Waals surface area contributed by atoms with Crippen molar-refractivity contribution in [3.63, 3.8) is 0 Å². The van der Waals surface area contributed by atoms with Crippen LogP contribution in [-0.2, 0) is 20.4 Å². The number of Topliss-reactive ketones (excluding diaryl/α,β-unsaturated/α-hetero) is 1. The number of carbonyl (C=O) groups is 1. The molecule has 2 aromatic carbocycles. The first-order chi connectivity index (χ1) is 15.6. The number of ether oxygens (including phenoxy) is 1.